The lowest BCUT2D eigenvalue weighted by Crippen LogP contribution is -2.57. The average Bonchev–Trinajstić information content (AvgIpc) is 2.49. The van der Waals surface area contributed by atoms with Crippen molar-refractivity contribution in [2.75, 3.05) is 7.11 Å². The molecule has 0 aromatic heterocycles. The van der Waals surface area contributed by atoms with Gasteiger partial charge in [0, 0.05) is 7.11 Å². The minimum atomic E-state index is -5.50. The summed E-state index contributed by atoms with van der Waals surface area (Å²) in [7, 11) is 0.464. The van der Waals surface area contributed by atoms with Crippen LogP contribution in [0.5, 0.6) is 0 Å². The van der Waals surface area contributed by atoms with Gasteiger partial charge in [0.1, 0.15) is 6.61 Å². The third-order valence-electron chi connectivity index (χ3n) is 2.60. The number of carbonyl (C=O) groups excluding carboxylic acids is 2. The van der Waals surface area contributed by atoms with E-state index in [9.17, 15) is 27.2 Å². The van der Waals surface area contributed by atoms with Gasteiger partial charge in [0.25, 0.3) is 0 Å². The highest BCUT2D eigenvalue weighted by molar-refractivity contribution is 5.89. The van der Waals surface area contributed by atoms with E-state index >= 15 is 0 Å². The molecule has 0 saturated carbocycles. The van der Waals surface area contributed by atoms with Crippen LogP contribution in [0.15, 0.2) is 42.7 Å². The number of carbonyl (C=O) groups is 2. The van der Waals surface area contributed by atoms with Crippen molar-refractivity contribution in [1.82, 2.24) is 0 Å². The van der Waals surface area contributed by atoms with E-state index < -0.39 is 36.3 Å². The average molecular weight is 336 g/mol. The van der Waals surface area contributed by atoms with Gasteiger partial charge in [-0.1, -0.05) is 36.9 Å². The van der Waals surface area contributed by atoms with Crippen LogP contribution in [0.3, 0.4) is 0 Å². The molecule has 0 bridgehead atoms. The molecule has 0 fully saturated rings. The summed E-state index contributed by atoms with van der Waals surface area (Å²) in [6.45, 7) is 1.96. The van der Waals surface area contributed by atoms with Crippen LogP contribution in [-0.4, -0.2) is 31.0 Å². The minimum Gasteiger partial charge on any atom is -0.456 e. The van der Waals surface area contributed by atoms with Gasteiger partial charge in [0.2, 0.25) is 5.83 Å². The number of hydrogen-bond acceptors (Lipinski definition) is 5. The zero-order valence-electron chi connectivity index (χ0n) is 11.9. The second-order valence-electron chi connectivity index (χ2n) is 4.17. The molecular formula is C14H12F4O5. The number of ether oxygens (including phenoxy) is 3. The second kappa shape index (κ2) is 7.23. The number of halogens is 4. The lowest BCUT2D eigenvalue weighted by atomic mass is 10.2. The van der Waals surface area contributed by atoms with Gasteiger partial charge in [-0.25, -0.2) is 9.59 Å². The Labute approximate surface area is 128 Å². The third-order valence-corrected chi connectivity index (χ3v) is 2.60. The first-order valence-corrected chi connectivity index (χ1v) is 6.05. The first-order valence-electron chi connectivity index (χ1n) is 6.05. The summed E-state index contributed by atoms with van der Waals surface area (Å²) in [5.41, 5.74) is 0.384. The van der Waals surface area contributed by atoms with Crippen molar-refractivity contribution in [3.63, 3.8) is 0 Å². The second-order valence-corrected chi connectivity index (χ2v) is 4.17. The van der Waals surface area contributed by atoms with Crippen molar-refractivity contribution in [3.05, 3.63) is 48.3 Å². The molecule has 126 valence electrons. The maximum absolute atomic E-state index is 13.1. The minimum absolute atomic E-state index is 0.384. The predicted molar refractivity (Wildman–Crippen MR) is 68.4 cm³/mol. The molecule has 9 heteroatoms. The Morgan fingerprint density at radius 2 is 1.74 bits per heavy atom. The largest absolute Gasteiger partial charge is 0.468 e. The number of benzene rings is 1. The molecule has 0 N–H and O–H groups in total. The number of methoxy groups -OCH3 is 1. The molecule has 0 heterocycles. The van der Waals surface area contributed by atoms with E-state index in [1.165, 1.54) is 12.1 Å². The molecule has 23 heavy (non-hydrogen) atoms. The quantitative estimate of drug-likeness (QED) is 0.346. The van der Waals surface area contributed by atoms with E-state index in [2.05, 4.69) is 20.8 Å². The van der Waals surface area contributed by atoms with Crippen LogP contribution in [-0.2, 0) is 30.4 Å². The zero-order valence-corrected chi connectivity index (χ0v) is 11.9. The SMILES string of the molecule is C=C(F)C(=O)OC(OC)(C(=O)OCc1ccccc1)C(F)(F)F. The lowest BCUT2D eigenvalue weighted by Gasteiger charge is -2.30. The Kier molecular flexibility index (Phi) is 5.85. The molecule has 1 atom stereocenters. The Balaban J connectivity index is 3.01. The van der Waals surface area contributed by atoms with Crippen molar-refractivity contribution in [1.29, 1.82) is 0 Å². The Bertz CT molecular complexity index is 585. The monoisotopic (exact) mass is 336 g/mol. The highest BCUT2D eigenvalue weighted by Crippen LogP contribution is 2.36. The molecule has 1 aromatic carbocycles. The summed E-state index contributed by atoms with van der Waals surface area (Å²) in [6, 6.07) is 7.78. The van der Waals surface area contributed by atoms with Crippen molar-refractivity contribution >= 4 is 11.9 Å². The molecule has 0 saturated heterocycles. The van der Waals surface area contributed by atoms with Crippen LogP contribution < -0.4 is 0 Å². The molecule has 5 nitrogen and oxygen atoms in total. The Morgan fingerprint density at radius 1 is 1.17 bits per heavy atom. The van der Waals surface area contributed by atoms with Crippen molar-refractivity contribution in [2.24, 2.45) is 0 Å². The molecule has 0 amide bonds. The highest BCUT2D eigenvalue weighted by Gasteiger charge is 2.67. The topological polar surface area (TPSA) is 61.8 Å². The van der Waals surface area contributed by atoms with Gasteiger partial charge in [-0.15, -0.1) is 0 Å². The number of alkyl halides is 3. The van der Waals surface area contributed by atoms with Gasteiger partial charge in [-0.2, -0.15) is 17.6 Å². The van der Waals surface area contributed by atoms with E-state index in [-0.39, 0.29) is 0 Å². The maximum Gasteiger partial charge on any atom is 0.468 e. The summed E-state index contributed by atoms with van der Waals surface area (Å²) in [6.07, 6.45) is -5.50. The van der Waals surface area contributed by atoms with Crippen molar-refractivity contribution in [3.8, 4) is 0 Å². The fourth-order valence-electron chi connectivity index (χ4n) is 1.46. The van der Waals surface area contributed by atoms with Gasteiger partial charge in [0.05, 0.1) is 0 Å². The molecule has 1 aromatic rings. The van der Waals surface area contributed by atoms with Crippen LogP contribution in [0.4, 0.5) is 17.6 Å². The maximum atomic E-state index is 13.1. The molecule has 1 rings (SSSR count). The predicted octanol–water partition coefficient (Wildman–Crippen LogP) is 2.66. The lowest BCUT2D eigenvalue weighted by molar-refractivity contribution is -0.348. The van der Waals surface area contributed by atoms with E-state index in [4.69, 9.17) is 0 Å². The van der Waals surface area contributed by atoms with Crippen LogP contribution in [0, 0.1) is 0 Å². The normalized spacial score (nSPS) is 13.8. The van der Waals surface area contributed by atoms with Gasteiger partial charge < -0.3 is 14.2 Å². The molecule has 0 aliphatic carbocycles. The van der Waals surface area contributed by atoms with Crippen LogP contribution in [0.1, 0.15) is 5.56 Å². The molecule has 0 aliphatic heterocycles. The van der Waals surface area contributed by atoms with Crippen LogP contribution in [0.25, 0.3) is 0 Å². The fourth-order valence-corrected chi connectivity index (χ4v) is 1.46. The first kappa shape index (κ1) is 18.6. The van der Waals surface area contributed by atoms with Gasteiger partial charge in [-0.3, -0.25) is 0 Å². The van der Waals surface area contributed by atoms with E-state index in [1.54, 1.807) is 18.2 Å². The summed E-state index contributed by atoms with van der Waals surface area (Å²) in [4.78, 5) is 22.8. The summed E-state index contributed by atoms with van der Waals surface area (Å²) in [5.74, 6) is -10.1. The van der Waals surface area contributed by atoms with Crippen LogP contribution >= 0.6 is 0 Å². The number of rotatable bonds is 6. The van der Waals surface area contributed by atoms with E-state index in [1.807, 2.05) is 0 Å². The van der Waals surface area contributed by atoms with E-state index in [0.717, 1.165) is 0 Å². The van der Waals surface area contributed by atoms with E-state index in [0.29, 0.717) is 12.7 Å². The summed E-state index contributed by atoms with van der Waals surface area (Å²) in [5, 5.41) is 0. The van der Waals surface area contributed by atoms with Gasteiger partial charge in [-0.05, 0) is 5.56 Å². The number of esters is 2. The summed E-state index contributed by atoms with van der Waals surface area (Å²) >= 11 is 0. The van der Waals surface area contributed by atoms with Gasteiger partial charge >= 0.3 is 23.9 Å². The highest BCUT2D eigenvalue weighted by atomic mass is 19.4. The molecule has 0 radical (unpaired) electrons. The third kappa shape index (κ3) is 4.28. The molecule has 1 unspecified atom stereocenters. The molecule has 0 aliphatic rings. The Hall–Kier alpha value is -2.42. The zero-order chi connectivity index (χ0) is 17.7. The molecular weight excluding hydrogens is 324 g/mol. The van der Waals surface area contributed by atoms with Crippen molar-refractivity contribution in [2.45, 2.75) is 18.6 Å². The fraction of sp³-hybridized carbons (Fsp3) is 0.286. The first-order chi connectivity index (χ1) is 10.6. The van der Waals surface area contributed by atoms with Gasteiger partial charge in [0.15, 0.2) is 0 Å². The molecule has 0 spiro atoms. The van der Waals surface area contributed by atoms with Crippen LogP contribution in [0.2, 0.25) is 0 Å². The number of hydrogen-bond donors (Lipinski definition) is 0. The summed E-state index contributed by atoms with van der Waals surface area (Å²) < 4.78 is 64.3. The Morgan fingerprint density at radius 3 is 2.17 bits per heavy atom. The smallest absolute Gasteiger partial charge is 0.456 e. The standard InChI is InChI=1S/C14H12F4O5/c1-9(15)11(19)23-13(21-2,14(16,17)18)12(20)22-8-10-6-4-3-5-7-10/h3-7H,1,8H2,2H3. The van der Waals surface area contributed by atoms with Crippen molar-refractivity contribution < 1.29 is 41.4 Å².